The van der Waals surface area contributed by atoms with Crippen LogP contribution < -0.4 is 4.74 Å². The van der Waals surface area contributed by atoms with Crippen LogP contribution in [0.15, 0.2) is 24.3 Å². The Balaban J connectivity index is 1.93. The first-order valence-electron chi connectivity index (χ1n) is 7.51. The lowest BCUT2D eigenvalue weighted by molar-refractivity contribution is 0.0920. The van der Waals surface area contributed by atoms with Gasteiger partial charge in [-0.15, -0.1) is 0 Å². The number of benzene rings is 1. The van der Waals surface area contributed by atoms with Crippen LogP contribution in [0.3, 0.4) is 0 Å². The molecule has 1 fully saturated rings. The van der Waals surface area contributed by atoms with Gasteiger partial charge < -0.3 is 4.74 Å². The monoisotopic (exact) mass is 275 g/mol. The van der Waals surface area contributed by atoms with Gasteiger partial charge in [0.05, 0.1) is 13.7 Å². The fourth-order valence-electron chi connectivity index (χ4n) is 2.31. The molecule has 110 valence electrons. The van der Waals surface area contributed by atoms with Crippen molar-refractivity contribution in [3.05, 3.63) is 29.8 Å². The van der Waals surface area contributed by atoms with E-state index in [-0.39, 0.29) is 5.78 Å². The zero-order chi connectivity index (χ0) is 14.5. The van der Waals surface area contributed by atoms with E-state index in [4.69, 9.17) is 4.74 Å². The number of carbonyl (C=O) groups excluding carboxylic acids is 1. The maximum absolute atomic E-state index is 12.3. The van der Waals surface area contributed by atoms with Crippen molar-refractivity contribution in [1.82, 2.24) is 4.90 Å². The second-order valence-electron chi connectivity index (χ2n) is 6.04. The Hall–Kier alpha value is -1.35. The molecule has 3 heteroatoms. The predicted octanol–water partition coefficient (Wildman–Crippen LogP) is 3.39. The van der Waals surface area contributed by atoms with Crippen LogP contribution in [0.25, 0.3) is 0 Å². The third-order valence-corrected chi connectivity index (χ3v) is 3.82. The molecule has 1 aliphatic carbocycles. The molecule has 0 spiro atoms. The highest BCUT2D eigenvalue weighted by molar-refractivity contribution is 5.97. The van der Waals surface area contributed by atoms with E-state index >= 15 is 0 Å². The fraction of sp³-hybridized carbons (Fsp3) is 0.588. The molecule has 1 aliphatic rings. The first kappa shape index (κ1) is 15.0. The van der Waals surface area contributed by atoms with Crippen LogP contribution >= 0.6 is 0 Å². The van der Waals surface area contributed by atoms with Crippen LogP contribution in [0, 0.1) is 5.92 Å². The number of hydrogen-bond donors (Lipinski definition) is 0. The van der Waals surface area contributed by atoms with Crippen LogP contribution in [-0.4, -0.2) is 36.9 Å². The summed E-state index contributed by atoms with van der Waals surface area (Å²) in [5.41, 5.74) is 0.779. The van der Waals surface area contributed by atoms with Gasteiger partial charge in [0.2, 0.25) is 0 Å². The summed E-state index contributed by atoms with van der Waals surface area (Å²) < 4.78 is 5.12. The number of methoxy groups -OCH3 is 1. The van der Waals surface area contributed by atoms with Crippen molar-refractivity contribution in [3.8, 4) is 5.75 Å². The maximum atomic E-state index is 12.3. The molecule has 0 aliphatic heterocycles. The number of Topliss-reactive ketones (excluding diaryl/α,β-unsaturated/α-hetero) is 1. The molecule has 1 aromatic carbocycles. The van der Waals surface area contributed by atoms with Gasteiger partial charge in [0.15, 0.2) is 5.78 Å². The van der Waals surface area contributed by atoms with Crippen LogP contribution in [0.2, 0.25) is 0 Å². The molecule has 0 saturated heterocycles. The van der Waals surface area contributed by atoms with Crippen molar-refractivity contribution in [2.45, 2.75) is 39.2 Å². The minimum absolute atomic E-state index is 0.211. The van der Waals surface area contributed by atoms with Gasteiger partial charge in [0.1, 0.15) is 5.75 Å². The van der Waals surface area contributed by atoms with Crippen molar-refractivity contribution in [2.24, 2.45) is 5.92 Å². The zero-order valence-electron chi connectivity index (χ0n) is 12.8. The largest absolute Gasteiger partial charge is 0.497 e. The van der Waals surface area contributed by atoms with Crippen LogP contribution in [0.4, 0.5) is 0 Å². The first-order valence-corrected chi connectivity index (χ1v) is 7.51. The second kappa shape index (κ2) is 6.89. The Morgan fingerprint density at radius 2 is 1.95 bits per heavy atom. The van der Waals surface area contributed by atoms with Gasteiger partial charge in [-0.1, -0.05) is 13.8 Å². The lowest BCUT2D eigenvalue weighted by Gasteiger charge is -2.22. The average molecular weight is 275 g/mol. The quantitative estimate of drug-likeness (QED) is 0.681. The lowest BCUT2D eigenvalue weighted by Crippen LogP contribution is -2.33. The molecular weight excluding hydrogens is 250 g/mol. The SMILES string of the molecule is COc1ccc(C(=O)CN(CCC(C)C)C2CC2)cc1. The smallest absolute Gasteiger partial charge is 0.176 e. The summed E-state index contributed by atoms with van der Waals surface area (Å²) in [6.07, 6.45) is 3.65. The van der Waals surface area contributed by atoms with E-state index in [2.05, 4.69) is 18.7 Å². The van der Waals surface area contributed by atoms with E-state index in [1.165, 1.54) is 12.8 Å². The molecule has 3 nitrogen and oxygen atoms in total. The number of ketones is 1. The Bertz CT molecular complexity index is 435. The molecule has 0 N–H and O–H groups in total. The molecular formula is C17H25NO2. The molecule has 0 bridgehead atoms. The minimum Gasteiger partial charge on any atom is -0.497 e. The molecule has 0 heterocycles. The number of carbonyl (C=O) groups is 1. The van der Waals surface area contributed by atoms with Crippen molar-refractivity contribution in [2.75, 3.05) is 20.2 Å². The van der Waals surface area contributed by atoms with Crippen molar-refractivity contribution in [3.63, 3.8) is 0 Å². The van der Waals surface area contributed by atoms with Gasteiger partial charge in [-0.3, -0.25) is 9.69 Å². The molecule has 0 unspecified atom stereocenters. The fourth-order valence-corrected chi connectivity index (χ4v) is 2.31. The summed E-state index contributed by atoms with van der Waals surface area (Å²) in [7, 11) is 1.64. The Kier molecular flexibility index (Phi) is 5.18. The topological polar surface area (TPSA) is 29.5 Å². The standard InChI is InChI=1S/C17H25NO2/c1-13(2)10-11-18(15-6-7-15)12-17(19)14-4-8-16(20-3)9-5-14/h4-5,8-9,13,15H,6-7,10-12H2,1-3H3. The molecule has 20 heavy (non-hydrogen) atoms. The molecule has 1 saturated carbocycles. The van der Waals surface area contributed by atoms with Gasteiger partial charge in [0.25, 0.3) is 0 Å². The number of nitrogens with zero attached hydrogens (tertiary/aromatic N) is 1. The van der Waals surface area contributed by atoms with E-state index in [0.29, 0.717) is 18.5 Å². The van der Waals surface area contributed by atoms with E-state index in [9.17, 15) is 4.79 Å². The third kappa shape index (κ3) is 4.34. The summed E-state index contributed by atoms with van der Waals surface area (Å²) in [6.45, 7) is 6.04. The zero-order valence-corrected chi connectivity index (χ0v) is 12.8. The van der Waals surface area contributed by atoms with E-state index < -0.39 is 0 Å². The lowest BCUT2D eigenvalue weighted by atomic mass is 10.1. The summed E-state index contributed by atoms with van der Waals surface area (Å²) in [6, 6.07) is 8.05. The molecule has 0 amide bonds. The van der Waals surface area contributed by atoms with E-state index in [1.807, 2.05) is 24.3 Å². The Labute approximate surface area is 121 Å². The van der Waals surface area contributed by atoms with Crippen LogP contribution in [0.5, 0.6) is 5.75 Å². The maximum Gasteiger partial charge on any atom is 0.176 e. The van der Waals surface area contributed by atoms with Crippen LogP contribution in [-0.2, 0) is 0 Å². The summed E-state index contributed by atoms with van der Waals surface area (Å²) >= 11 is 0. The average Bonchev–Trinajstić information content (AvgIpc) is 3.27. The van der Waals surface area contributed by atoms with E-state index in [0.717, 1.165) is 24.3 Å². The van der Waals surface area contributed by atoms with Gasteiger partial charge in [-0.2, -0.15) is 0 Å². The number of ether oxygens (including phenoxy) is 1. The Morgan fingerprint density at radius 3 is 2.45 bits per heavy atom. The van der Waals surface area contributed by atoms with Gasteiger partial charge in [-0.25, -0.2) is 0 Å². The first-order chi connectivity index (χ1) is 9.60. The van der Waals surface area contributed by atoms with Crippen molar-refractivity contribution >= 4 is 5.78 Å². The predicted molar refractivity (Wildman–Crippen MR) is 81.4 cm³/mol. The molecule has 0 atom stereocenters. The molecule has 0 radical (unpaired) electrons. The normalized spacial score (nSPS) is 14.8. The van der Waals surface area contributed by atoms with Gasteiger partial charge in [0, 0.05) is 11.6 Å². The highest BCUT2D eigenvalue weighted by Gasteiger charge is 2.30. The van der Waals surface area contributed by atoms with Gasteiger partial charge >= 0.3 is 0 Å². The molecule has 0 aromatic heterocycles. The van der Waals surface area contributed by atoms with Crippen LogP contribution in [0.1, 0.15) is 43.5 Å². The highest BCUT2D eigenvalue weighted by atomic mass is 16.5. The summed E-state index contributed by atoms with van der Waals surface area (Å²) in [4.78, 5) is 14.7. The third-order valence-electron chi connectivity index (χ3n) is 3.82. The highest BCUT2D eigenvalue weighted by Crippen LogP contribution is 2.27. The molecule has 2 rings (SSSR count). The van der Waals surface area contributed by atoms with Gasteiger partial charge in [-0.05, 0) is 56.0 Å². The van der Waals surface area contributed by atoms with Crippen molar-refractivity contribution in [1.29, 1.82) is 0 Å². The summed E-state index contributed by atoms with van der Waals surface area (Å²) in [5, 5.41) is 0. The molecule has 1 aromatic rings. The van der Waals surface area contributed by atoms with E-state index in [1.54, 1.807) is 7.11 Å². The second-order valence-corrected chi connectivity index (χ2v) is 6.04. The number of rotatable bonds is 8. The number of hydrogen-bond acceptors (Lipinski definition) is 3. The van der Waals surface area contributed by atoms with Crippen molar-refractivity contribution < 1.29 is 9.53 Å². The minimum atomic E-state index is 0.211. The Morgan fingerprint density at radius 1 is 1.30 bits per heavy atom. The summed E-state index contributed by atoms with van der Waals surface area (Å²) in [5.74, 6) is 1.69.